The van der Waals surface area contributed by atoms with Crippen LogP contribution in [0.3, 0.4) is 0 Å². The maximum atomic E-state index is 11.7. The predicted molar refractivity (Wildman–Crippen MR) is 77.8 cm³/mol. The van der Waals surface area contributed by atoms with E-state index in [2.05, 4.69) is 11.0 Å². The molecule has 1 aliphatic rings. The molecule has 0 unspecified atom stereocenters. The summed E-state index contributed by atoms with van der Waals surface area (Å²) in [5.74, 6) is -0.262. The van der Waals surface area contributed by atoms with Crippen LogP contribution in [-0.2, 0) is 16.0 Å². The van der Waals surface area contributed by atoms with Crippen LogP contribution in [0.15, 0.2) is 18.2 Å². The number of hydrogen-bond acceptors (Lipinski definition) is 4. The molecule has 0 radical (unpaired) electrons. The van der Waals surface area contributed by atoms with Gasteiger partial charge in [0.1, 0.15) is 0 Å². The third kappa shape index (κ3) is 3.58. The standard InChI is InChI=1S/C16H23NO3/c1-12-4-5-13(10-15(12)16(18)20-3)11-17-8-6-14(19-2)7-9-17/h4-5,10,14H,6-9,11H2,1-3H3. The number of likely N-dealkylation sites (tertiary alicyclic amines) is 1. The zero-order valence-corrected chi connectivity index (χ0v) is 12.5. The van der Waals surface area contributed by atoms with Gasteiger partial charge in [-0.1, -0.05) is 12.1 Å². The summed E-state index contributed by atoms with van der Waals surface area (Å²) in [6, 6.07) is 6.03. The highest BCUT2D eigenvalue weighted by atomic mass is 16.5. The van der Waals surface area contributed by atoms with Crippen molar-refractivity contribution in [1.82, 2.24) is 4.90 Å². The number of nitrogens with zero attached hydrogens (tertiary/aromatic N) is 1. The minimum atomic E-state index is -0.262. The van der Waals surface area contributed by atoms with Crippen molar-refractivity contribution in [3.05, 3.63) is 34.9 Å². The Morgan fingerprint density at radius 2 is 2.00 bits per heavy atom. The Morgan fingerprint density at radius 1 is 1.30 bits per heavy atom. The molecule has 0 aliphatic carbocycles. The van der Waals surface area contributed by atoms with E-state index in [-0.39, 0.29) is 5.97 Å². The molecule has 110 valence electrons. The number of hydrogen-bond donors (Lipinski definition) is 0. The molecule has 0 atom stereocenters. The molecule has 0 aromatic heterocycles. The van der Waals surface area contributed by atoms with Crippen molar-refractivity contribution in [2.24, 2.45) is 0 Å². The van der Waals surface area contributed by atoms with Gasteiger partial charge in [0.15, 0.2) is 0 Å². The van der Waals surface area contributed by atoms with Crippen LogP contribution in [0.5, 0.6) is 0 Å². The fourth-order valence-electron chi connectivity index (χ4n) is 2.66. The second-order valence-corrected chi connectivity index (χ2v) is 5.35. The van der Waals surface area contributed by atoms with E-state index >= 15 is 0 Å². The molecule has 4 nitrogen and oxygen atoms in total. The molecule has 0 saturated carbocycles. The zero-order valence-electron chi connectivity index (χ0n) is 12.5. The van der Waals surface area contributed by atoms with E-state index in [9.17, 15) is 4.79 Å². The summed E-state index contributed by atoms with van der Waals surface area (Å²) in [4.78, 5) is 14.1. The molecule has 20 heavy (non-hydrogen) atoms. The monoisotopic (exact) mass is 277 g/mol. The Labute approximate surface area is 120 Å². The molecule has 1 fully saturated rings. The number of ether oxygens (including phenoxy) is 2. The van der Waals surface area contributed by atoms with Crippen LogP contribution in [0.4, 0.5) is 0 Å². The Bertz CT molecular complexity index is 465. The predicted octanol–water partition coefficient (Wildman–Crippen LogP) is 2.39. The van der Waals surface area contributed by atoms with E-state index in [1.807, 2.05) is 19.1 Å². The van der Waals surface area contributed by atoms with Crippen LogP contribution in [0.25, 0.3) is 0 Å². The van der Waals surface area contributed by atoms with Gasteiger partial charge in [-0.05, 0) is 37.0 Å². The smallest absolute Gasteiger partial charge is 0.338 e. The maximum absolute atomic E-state index is 11.7. The van der Waals surface area contributed by atoms with Crippen LogP contribution in [0.1, 0.15) is 34.3 Å². The number of carbonyl (C=O) groups is 1. The van der Waals surface area contributed by atoms with Crippen molar-refractivity contribution >= 4 is 5.97 Å². The van der Waals surface area contributed by atoms with Gasteiger partial charge in [-0.2, -0.15) is 0 Å². The van der Waals surface area contributed by atoms with Gasteiger partial charge >= 0.3 is 5.97 Å². The number of esters is 1. The molecule has 2 rings (SSSR count). The Balaban J connectivity index is 2.01. The van der Waals surface area contributed by atoms with Gasteiger partial charge in [0.05, 0.1) is 18.8 Å². The molecule has 1 aromatic rings. The lowest BCUT2D eigenvalue weighted by Crippen LogP contribution is -2.36. The van der Waals surface area contributed by atoms with Gasteiger partial charge in [0.2, 0.25) is 0 Å². The van der Waals surface area contributed by atoms with Gasteiger partial charge < -0.3 is 9.47 Å². The lowest BCUT2D eigenvalue weighted by atomic mass is 10.0. The molecule has 4 heteroatoms. The summed E-state index contributed by atoms with van der Waals surface area (Å²) in [7, 11) is 3.20. The van der Waals surface area contributed by atoms with Crippen molar-refractivity contribution < 1.29 is 14.3 Å². The maximum Gasteiger partial charge on any atom is 0.338 e. The van der Waals surface area contributed by atoms with E-state index in [1.54, 1.807) is 7.11 Å². The summed E-state index contributed by atoms with van der Waals surface area (Å²) in [6.45, 7) is 4.89. The molecular weight excluding hydrogens is 254 g/mol. The number of aryl methyl sites for hydroxylation is 1. The van der Waals surface area contributed by atoms with Crippen LogP contribution in [0, 0.1) is 6.92 Å². The largest absolute Gasteiger partial charge is 0.465 e. The van der Waals surface area contributed by atoms with Gasteiger partial charge in [0, 0.05) is 26.7 Å². The summed E-state index contributed by atoms with van der Waals surface area (Å²) < 4.78 is 10.2. The minimum Gasteiger partial charge on any atom is -0.465 e. The number of rotatable bonds is 4. The van der Waals surface area contributed by atoms with Crippen molar-refractivity contribution in [2.45, 2.75) is 32.4 Å². The van der Waals surface area contributed by atoms with Crippen molar-refractivity contribution in [3.63, 3.8) is 0 Å². The van der Waals surface area contributed by atoms with Crippen LogP contribution < -0.4 is 0 Å². The van der Waals surface area contributed by atoms with Crippen molar-refractivity contribution in [1.29, 1.82) is 0 Å². The van der Waals surface area contributed by atoms with E-state index in [0.717, 1.165) is 43.6 Å². The Morgan fingerprint density at radius 3 is 2.60 bits per heavy atom. The first kappa shape index (κ1) is 15.0. The van der Waals surface area contributed by atoms with E-state index in [1.165, 1.54) is 7.11 Å². The molecular formula is C16H23NO3. The van der Waals surface area contributed by atoms with Gasteiger partial charge in [-0.15, -0.1) is 0 Å². The van der Waals surface area contributed by atoms with Crippen LogP contribution in [-0.4, -0.2) is 44.3 Å². The number of carbonyl (C=O) groups excluding carboxylic acids is 1. The van der Waals surface area contributed by atoms with Crippen LogP contribution >= 0.6 is 0 Å². The second kappa shape index (κ2) is 6.86. The Kier molecular flexibility index (Phi) is 5.15. The molecule has 0 amide bonds. The first-order chi connectivity index (χ1) is 9.63. The summed E-state index contributed by atoms with van der Waals surface area (Å²) in [5.41, 5.74) is 2.78. The topological polar surface area (TPSA) is 38.8 Å². The zero-order chi connectivity index (χ0) is 14.5. The highest BCUT2D eigenvalue weighted by molar-refractivity contribution is 5.91. The Hall–Kier alpha value is -1.39. The third-order valence-corrected chi connectivity index (χ3v) is 3.98. The average molecular weight is 277 g/mol. The number of piperidine rings is 1. The summed E-state index contributed by atoms with van der Waals surface area (Å²) in [5, 5.41) is 0. The SMILES string of the molecule is COC(=O)c1cc(CN2CCC(OC)CC2)ccc1C. The molecule has 1 heterocycles. The number of methoxy groups -OCH3 is 2. The molecule has 0 N–H and O–H groups in total. The van der Waals surface area contributed by atoms with Gasteiger partial charge in [0.25, 0.3) is 0 Å². The van der Waals surface area contributed by atoms with E-state index in [4.69, 9.17) is 9.47 Å². The average Bonchev–Trinajstić information content (AvgIpc) is 2.49. The lowest BCUT2D eigenvalue weighted by molar-refractivity contribution is 0.0388. The number of benzene rings is 1. The van der Waals surface area contributed by atoms with Crippen molar-refractivity contribution in [2.75, 3.05) is 27.3 Å². The lowest BCUT2D eigenvalue weighted by Gasteiger charge is -2.31. The fourth-order valence-corrected chi connectivity index (χ4v) is 2.66. The minimum absolute atomic E-state index is 0.262. The fraction of sp³-hybridized carbons (Fsp3) is 0.562. The molecule has 1 aromatic carbocycles. The molecule has 0 spiro atoms. The highest BCUT2D eigenvalue weighted by Crippen LogP contribution is 2.18. The summed E-state index contributed by atoms with van der Waals surface area (Å²) in [6.07, 6.45) is 2.55. The summed E-state index contributed by atoms with van der Waals surface area (Å²) >= 11 is 0. The van der Waals surface area contributed by atoms with Crippen LogP contribution in [0.2, 0.25) is 0 Å². The van der Waals surface area contributed by atoms with E-state index < -0.39 is 0 Å². The molecule has 1 aliphatic heterocycles. The first-order valence-electron chi connectivity index (χ1n) is 7.07. The van der Waals surface area contributed by atoms with Gasteiger partial charge in [-0.25, -0.2) is 4.79 Å². The second-order valence-electron chi connectivity index (χ2n) is 5.35. The third-order valence-electron chi connectivity index (χ3n) is 3.98. The molecule has 1 saturated heterocycles. The quantitative estimate of drug-likeness (QED) is 0.792. The highest BCUT2D eigenvalue weighted by Gasteiger charge is 2.19. The normalized spacial score (nSPS) is 17.1. The first-order valence-corrected chi connectivity index (χ1v) is 7.07. The molecule has 0 bridgehead atoms. The van der Waals surface area contributed by atoms with Crippen molar-refractivity contribution in [3.8, 4) is 0 Å². The van der Waals surface area contributed by atoms with Gasteiger partial charge in [-0.3, -0.25) is 4.90 Å². The van der Waals surface area contributed by atoms with E-state index in [0.29, 0.717) is 11.7 Å².